The van der Waals surface area contributed by atoms with Crippen LogP contribution in [0.1, 0.15) is 42.5 Å². The van der Waals surface area contributed by atoms with Crippen LogP contribution in [0.3, 0.4) is 0 Å². The number of hydrogen-bond donors (Lipinski definition) is 1. The van der Waals surface area contributed by atoms with Gasteiger partial charge in [0.2, 0.25) is 11.8 Å². The van der Waals surface area contributed by atoms with Gasteiger partial charge in [-0.15, -0.1) is 11.8 Å². The van der Waals surface area contributed by atoms with Crippen LogP contribution in [0.4, 0.5) is 0 Å². The Bertz CT molecular complexity index is 1170. The second-order valence-corrected chi connectivity index (χ2v) is 11.1. The third-order valence-electron chi connectivity index (χ3n) is 6.24. The van der Waals surface area contributed by atoms with Gasteiger partial charge in [0.05, 0.1) is 5.75 Å². The third-order valence-corrected chi connectivity index (χ3v) is 7.82. The van der Waals surface area contributed by atoms with Gasteiger partial charge in [-0.05, 0) is 49.1 Å². The van der Waals surface area contributed by atoms with E-state index in [0.717, 1.165) is 23.1 Å². The molecule has 0 saturated heterocycles. The van der Waals surface area contributed by atoms with Gasteiger partial charge in [-0.2, -0.15) is 0 Å². The smallest absolute Gasteiger partial charge is 0.243 e. The molecule has 0 aliphatic carbocycles. The summed E-state index contributed by atoms with van der Waals surface area (Å²) in [6, 6.07) is 22.6. The van der Waals surface area contributed by atoms with Crippen molar-refractivity contribution in [1.82, 2.24) is 10.2 Å². The topological polar surface area (TPSA) is 49.4 Å². The molecule has 3 rings (SSSR count). The molecular formula is C30H34Cl2N2O2S. The fourth-order valence-electron chi connectivity index (χ4n) is 3.85. The summed E-state index contributed by atoms with van der Waals surface area (Å²) in [5.74, 6) is 0.689. The van der Waals surface area contributed by atoms with Crippen molar-refractivity contribution in [1.29, 1.82) is 0 Å². The highest BCUT2D eigenvalue weighted by atomic mass is 35.5. The number of benzene rings is 3. The van der Waals surface area contributed by atoms with Crippen molar-refractivity contribution >= 4 is 46.8 Å². The Labute approximate surface area is 234 Å². The number of thioether (sulfide) groups is 1. The van der Waals surface area contributed by atoms with Crippen molar-refractivity contribution < 1.29 is 9.59 Å². The van der Waals surface area contributed by atoms with Crippen LogP contribution < -0.4 is 5.32 Å². The summed E-state index contributed by atoms with van der Waals surface area (Å²) in [6.07, 6.45) is 1.20. The third kappa shape index (κ3) is 9.10. The predicted octanol–water partition coefficient (Wildman–Crippen LogP) is 7.09. The number of nitrogens with zero attached hydrogens (tertiary/aromatic N) is 1. The standard InChI is InChI=1S/C30H34Cl2N2O2S/c1-4-22(3)33-30(36)28(16-23-8-6-5-7-9-23)34(18-25-14-15-26(31)17-27(25)32)29(35)20-37-19-24-12-10-21(2)11-13-24/h5-15,17,22,28H,4,16,18-20H2,1-3H3,(H,33,36)/t22-,28+/m1/s1. The Morgan fingerprint density at radius 3 is 2.32 bits per heavy atom. The maximum absolute atomic E-state index is 13.7. The Balaban J connectivity index is 1.88. The van der Waals surface area contributed by atoms with Gasteiger partial charge in [0.25, 0.3) is 0 Å². The summed E-state index contributed by atoms with van der Waals surface area (Å²) in [5, 5.41) is 4.08. The Kier molecular flexibility index (Phi) is 11.4. The molecule has 37 heavy (non-hydrogen) atoms. The van der Waals surface area contributed by atoms with E-state index in [1.807, 2.05) is 50.2 Å². The SMILES string of the molecule is CC[C@@H](C)NC(=O)[C@H](Cc1ccccc1)N(Cc1ccc(Cl)cc1Cl)C(=O)CSCc1ccc(C)cc1. The van der Waals surface area contributed by atoms with Crippen LogP contribution in [0.5, 0.6) is 0 Å². The van der Waals surface area contributed by atoms with Gasteiger partial charge < -0.3 is 10.2 Å². The lowest BCUT2D eigenvalue weighted by Crippen LogP contribution is -2.52. The molecule has 0 unspecified atom stereocenters. The van der Waals surface area contributed by atoms with Crippen LogP contribution in [-0.4, -0.2) is 34.6 Å². The van der Waals surface area contributed by atoms with Gasteiger partial charge in [0.15, 0.2) is 0 Å². The molecule has 2 atom stereocenters. The second-order valence-electron chi connectivity index (χ2n) is 9.26. The Hall–Kier alpha value is -2.47. The van der Waals surface area contributed by atoms with Crippen LogP contribution in [0, 0.1) is 6.92 Å². The van der Waals surface area contributed by atoms with E-state index in [9.17, 15) is 9.59 Å². The highest BCUT2D eigenvalue weighted by Crippen LogP contribution is 2.25. The molecule has 0 fully saturated rings. The molecule has 0 spiro atoms. The van der Waals surface area contributed by atoms with Crippen molar-refractivity contribution in [3.63, 3.8) is 0 Å². The summed E-state index contributed by atoms with van der Waals surface area (Å²) >= 11 is 14.2. The minimum absolute atomic E-state index is 0.00208. The Morgan fingerprint density at radius 2 is 1.68 bits per heavy atom. The van der Waals surface area contributed by atoms with E-state index in [0.29, 0.717) is 22.2 Å². The number of aryl methyl sites for hydroxylation is 1. The van der Waals surface area contributed by atoms with Crippen LogP contribution >= 0.6 is 35.0 Å². The average molecular weight is 558 g/mol. The van der Waals surface area contributed by atoms with Gasteiger partial charge >= 0.3 is 0 Å². The molecule has 0 heterocycles. The van der Waals surface area contributed by atoms with Gasteiger partial charge in [-0.1, -0.05) is 96.4 Å². The molecule has 0 saturated carbocycles. The molecule has 0 aromatic heterocycles. The number of rotatable bonds is 12. The summed E-state index contributed by atoms with van der Waals surface area (Å²) in [7, 11) is 0. The molecule has 0 aliphatic rings. The number of halogens is 2. The first-order valence-corrected chi connectivity index (χ1v) is 14.4. The van der Waals surface area contributed by atoms with Crippen molar-refractivity contribution in [2.45, 2.75) is 58.0 Å². The molecule has 0 radical (unpaired) electrons. The first kappa shape index (κ1) is 29.1. The zero-order valence-corrected chi connectivity index (χ0v) is 23.9. The monoisotopic (exact) mass is 556 g/mol. The molecule has 3 aromatic rings. The van der Waals surface area contributed by atoms with E-state index in [4.69, 9.17) is 23.2 Å². The highest BCUT2D eigenvalue weighted by Gasteiger charge is 2.31. The lowest BCUT2D eigenvalue weighted by Gasteiger charge is -2.32. The Morgan fingerprint density at radius 1 is 0.973 bits per heavy atom. The van der Waals surface area contributed by atoms with E-state index in [2.05, 4.69) is 36.5 Å². The number of carbonyl (C=O) groups is 2. The predicted molar refractivity (Wildman–Crippen MR) is 156 cm³/mol. The molecule has 7 heteroatoms. The minimum atomic E-state index is -0.685. The lowest BCUT2D eigenvalue weighted by molar-refractivity contribution is -0.139. The van der Waals surface area contributed by atoms with Gasteiger partial charge in [-0.3, -0.25) is 9.59 Å². The lowest BCUT2D eigenvalue weighted by atomic mass is 10.0. The summed E-state index contributed by atoms with van der Waals surface area (Å²) in [5.41, 5.74) is 4.09. The summed E-state index contributed by atoms with van der Waals surface area (Å²) in [4.78, 5) is 28.9. The zero-order chi connectivity index (χ0) is 26.8. The maximum atomic E-state index is 13.7. The minimum Gasteiger partial charge on any atom is -0.352 e. The van der Waals surface area contributed by atoms with Crippen molar-refractivity contribution in [2.75, 3.05) is 5.75 Å². The van der Waals surface area contributed by atoms with Gasteiger partial charge in [0.1, 0.15) is 6.04 Å². The van der Waals surface area contributed by atoms with Gasteiger partial charge in [-0.25, -0.2) is 0 Å². The van der Waals surface area contributed by atoms with Crippen LogP contribution in [-0.2, 0) is 28.3 Å². The number of hydrogen-bond acceptors (Lipinski definition) is 3. The van der Waals surface area contributed by atoms with E-state index < -0.39 is 6.04 Å². The molecule has 0 bridgehead atoms. The van der Waals surface area contributed by atoms with Crippen LogP contribution in [0.25, 0.3) is 0 Å². The highest BCUT2D eigenvalue weighted by molar-refractivity contribution is 7.99. The second kappa shape index (κ2) is 14.5. The zero-order valence-electron chi connectivity index (χ0n) is 21.5. The first-order valence-electron chi connectivity index (χ1n) is 12.5. The van der Waals surface area contributed by atoms with Crippen LogP contribution in [0.2, 0.25) is 10.0 Å². The van der Waals surface area contributed by atoms with Crippen molar-refractivity contribution in [3.8, 4) is 0 Å². The quantitative estimate of drug-likeness (QED) is 0.259. The maximum Gasteiger partial charge on any atom is 0.243 e. The molecule has 2 amide bonds. The summed E-state index contributed by atoms with van der Waals surface area (Å²) in [6.45, 7) is 6.26. The van der Waals surface area contributed by atoms with E-state index in [1.54, 1.807) is 28.8 Å². The van der Waals surface area contributed by atoms with E-state index in [1.165, 1.54) is 5.56 Å². The summed E-state index contributed by atoms with van der Waals surface area (Å²) < 4.78 is 0. The number of amides is 2. The molecule has 196 valence electrons. The van der Waals surface area contributed by atoms with Gasteiger partial charge in [0, 0.05) is 34.8 Å². The first-order chi connectivity index (χ1) is 17.8. The fraction of sp³-hybridized carbons (Fsp3) is 0.333. The van der Waals surface area contributed by atoms with E-state index >= 15 is 0 Å². The largest absolute Gasteiger partial charge is 0.352 e. The van der Waals surface area contributed by atoms with Crippen molar-refractivity contribution in [3.05, 3.63) is 105 Å². The van der Waals surface area contributed by atoms with E-state index in [-0.39, 0.29) is 30.2 Å². The average Bonchev–Trinajstić information content (AvgIpc) is 2.88. The normalized spacial score (nSPS) is 12.6. The van der Waals surface area contributed by atoms with Crippen molar-refractivity contribution in [2.24, 2.45) is 0 Å². The molecule has 3 aromatic carbocycles. The molecule has 1 N–H and O–H groups in total. The molecule has 4 nitrogen and oxygen atoms in total. The number of nitrogens with one attached hydrogen (secondary N) is 1. The number of carbonyl (C=O) groups excluding carboxylic acids is 2. The molecular weight excluding hydrogens is 523 g/mol. The fourth-order valence-corrected chi connectivity index (χ4v) is 5.19. The molecule has 0 aliphatic heterocycles. The van der Waals surface area contributed by atoms with Crippen LogP contribution in [0.15, 0.2) is 72.8 Å².